The molecule has 8 heteroatoms. The number of ether oxygens (including phenoxy) is 1. The lowest BCUT2D eigenvalue weighted by Crippen LogP contribution is -2.54. The molecule has 1 aliphatic rings. The second-order valence-corrected chi connectivity index (χ2v) is 6.13. The minimum Gasteiger partial charge on any atom is -0.394 e. The Labute approximate surface area is 148 Å². The van der Waals surface area contributed by atoms with E-state index in [4.69, 9.17) is 4.74 Å². The molecule has 26 heavy (non-hydrogen) atoms. The number of benzene rings is 1. The van der Waals surface area contributed by atoms with Gasteiger partial charge in [0.25, 0.3) is 5.56 Å². The number of hydrogen-bond donors (Lipinski definition) is 4. The summed E-state index contributed by atoms with van der Waals surface area (Å²) < 4.78 is 6.88. The molecule has 8 nitrogen and oxygen atoms in total. The van der Waals surface area contributed by atoms with Crippen LogP contribution in [0.1, 0.15) is 11.5 Å². The van der Waals surface area contributed by atoms with E-state index in [1.807, 2.05) is 0 Å². The van der Waals surface area contributed by atoms with Crippen LogP contribution in [0.4, 0.5) is 0 Å². The van der Waals surface area contributed by atoms with E-state index in [0.717, 1.165) is 10.6 Å². The molecule has 0 bridgehead atoms. The maximum atomic E-state index is 12.5. The fourth-order valence-electron chi connectivity index (χ4n) is 3.48. The maximum Gasteiger partial charge on any atom is 0.330 e. The summed E-state index contributed by atoms with van der Waals surface area (Å²) in [5, 5.41) is 30.7. The van der Waals surface area contributed by atoms with Crippen LogP contribution in [0.3, 0.4) is 0 Å². The Kier molecular flexibility index (Phi) is 4.92. The van der Waals surface area contributed by atoms with Crippen molar-refractivity contribution in [3.05, 3.63) is 81.7 Å². The molecule has 1 unspecified atom stereocenters. The molecule has 5 atom stereocenters. The Morgan fingerprint density at radius 2 is 1.96 bits per heavy atom. The lowest BCUT2D eigenvalue weighted by atomic mass is 9.83. The summed E-state index contributed by atoms with van der Waals surface area (Å²) in [6.45, 7) is 3.23. The van der Waals surface area contributed by atoms with Crippen molar-refractivity contribution in [1.82, 2.24) is 9.55 Å². The van der Waals surface area contributed by atoms with Gasteiger partial charge in [-0.3, -0.25) is 14.3 Å². The first-order valence-corrected chi connectivity index (χ1v) is 8.10. The maximum absolute atomic E-state index is 12.5. The highest BCUT2D eigenvalue weighted by atomic mass is 16.6. The molecule has 3 rings (SSSR count). The molecular weight excluding hydrogens is 340 g/mol. The van der Waals surface area contributed by atoms with Gasteiger partial charge in [-0.15, -0.1) is 6.58 Å². The van der Waals surface area contributed by atoms with Gasteiger partial charge in [-0.05, 0) is 5.56 Å². The molecule has 1 aliphatic heterocycles. The van der Waals surface area contributed by atoms with E-state index in [9.17, 15) is 24.9 Å². The Bertz CT molecular complexity index is 892. The van der Waals surface area contributed by atoms with Crippen molar-refractivity contribution < 1.29 is 20.1 Å². The summed E-state index contributed by atoms with van der Waals surface area (Å²) in [6, 6.07) is 9.99. The molecule has 138 valence electrons. The van der Waals surface area contributed by atoms with E-state index in [0.29, 0.717) is 5.56 Å². The van der Waals surface area contributed by atoms with Crippen molar-refractivity contribution in [2.24, 2.45) is 0 Å². The summed E-state index contributed by atoms with van der Waals surface area (Å²) in [6.07, 6.45) is -1.44. The van der Waals surface area contributed by atoms with Gasteiger partial charge in [-0.1, -0.05) is 36.4 Å². The van der Waals surface area contributed by atoms with Gasteiger partial charge in [-0.25, -0.2) is 4.79 Å². The fourth-order valence-corrected chi connectivity index (χ4v) is 3.48. The van der Waals surface area contributed by atoms with Crippen LogP contribution in [0.25, 0.3) is 0 Å². The smallest absolute Gasteiger partial charge is 0.330 e. The summed E-state index contributed by atoms with van der Waals surface area (Å²) in [7, 11) is 0. The zero-order valence-electron chi connectivity index (χ0n) is 13.9. The highest BCUT2D eigenvalue weighted by Gasteiger charge is 2.59. The first kappa shape index (κ1) is 18.3. The average molecular weight is 360 g/mol. The van der Waals surface area contributed by atoms with Gasteiger partial charge in [0, 0.05) is 12.3 Å². The van der Waals surface area contributed by atoms with Crippen LogP contribution in [-0.4, -0.2) is 49.8 Å². The van der Waals surface area contributed by atoms with Crippen molar-refractivity contribution in [2.45, 2.75) is 30.0 Å². The van der Waals surface area contributed by atoms with Gasteiger partial charge in [0.1, 0.15) is 18.3 Å². The van der Waals surface area contributed by atoms with Crippen LogP contribution in [0, 0.1) is 0 Å². The standard InChI is InChI=1S/C18H20N2O6/c1-2-12(11-6-4-3-5-7-11)18(16(24)15(23)13(10-21)26-18)20-9-8-14(22)19-17(20)25/h2-9,12-13,15-16,21,23-24H,1,10H2,(H,19,22,25)/t12?,13-,15-,16-,18-/m1/s1. The zero-order valence-corrected chi connectivity index (χ0v) is 13.9. The van der Waals surface area contributed by atoms with Crippen LogP contribution >= 0.6 is 0 Å². The van der Waals surface area contributed by atoms with Gasteiger partial charge in [0.05, 0.1) is 12.5 Å². The Morgan fingerprint density at radius 3 is 2.50 bits per heavy atom. The molecular formula is C18H20N2O6. The first-order chi connectivity index (χ1) is 12.5. The predicted molar refractivity (Wildman–Crippen MR) is 92.6 cm³/mol. The molecule has 1 fully saturated rings. The van der Waals surface area contributed by atoms with Crippen LogP contribution in [-0.2, 0) is 10.5 Å². The highest BCUT2D eigenvalue weighted by molar-refractivity contribution is 5.29. The van der Waals surface area contributed by atoms with E-state index in [1.165, 1.54) is 12.3 Å². The van der Waals surface area contributed by atoms with Crippen LogP contribution in [0.5, 0.6) is 0 Å². The largest absolute Gasteiger partial charge is 0.394 e. The second kappa shape index (κ2) is 7.00. The van der Waals surface area contributed by atoms with Crippen molar-refractivity contribution >= 4 is 0 Å². The Hall–Kier alpha value is -2.52. The van der Waals surface area contributed by atoms with Gasteiger partial charge < -0.3 is 20.1 Å². The summed E-state index contributed by atoms with van der Waals surface area (Å²) in [5.74, 6) is -0.756. The number of aromatic nitrogens is 2. The van der Waals surface area contributed by atoms with E-state index >= 15 is 0 Å². The molecule has 1 aromatic carbocycles. The number of aliphatic hydroxyl groups excluding tert-OH is 3. The van der Waals surface area contributed by atoms with E-state index in [2.05, 4.69) is 11.6 Å². The van der Waals surface area contributed by atoms with Gasteiger partial charge in [0.2, 0.25) is 0 Å². The van der Waals surface area contributed by atoms with Crippen molar-refractivity contribution in [2.75, 3.05) is 6.61 Å². The third kappa shape index (κ3) is 2.73. The summed E-state index contributed by atoms with van der Waals surface area (Å²) in [4.78, 5) is 26.0. The Balaban J connectivity index is 2.28. The van der Waals surface area contributed by atoms with Gasteiger partial charge in [0.15, 0.2) is 5.72 Å². The molecule has 2 heterocycles. The van der Waals surface area contributed by atoms with Crippen molar-refractivity contribution in [3.63, 3.8) is 0 Å². The molecule has 0 spiro atoms. The van der Waals surface area contributed by atoms with Crippen molar-refractivity contribution in [1.29, 1.82) is 0 Å². The number of nitrogens with one attached hydrogen (secondary N) is 1. The zero-order chi connectivity index (χ0) is 18.9. The lowest BCUT2D eigenvalue weighted by Gasteiger charge is -2.39. The molecule has 0 radical (unpaired) electrons. The molecule has 1 aromatic heterocycles. The molecule has 2 aromatic rings. The quantitative estimate of drug-likeness (QED) is 0.521. The number of nitrogens with zero attached hydrogens (tertiary/aromatic N) is 1. The fraction of sp³-hybridized carbons (Fsp3) is 0.333. The van der Waals surface area contributed by atoms with E-state index in [-0.39, 0.29) is 0 Å². The highest BCUT2D eigenvalue weighted by Crippen LogP contribution is 2.45. The number of hydrogen-bond acceptors (Lipinski definition) is 6. The minimum absolute atomic E-state index is 0.559. The monoisotopic (exact) mass is 360 g/mol. The molecule has 4 N–H and O–H groups in total. The SMILES string of the molecule is C=CC(c1ccccc1)[C@@]1(n2ccc(=O)[nH]c2=O)O[C@H](CO)[C@@H](O)[C@H]1O. The molecule has 0 aliphatic carbocycles. The average Bonchev–Trinajstić information content (AvgIpc) is 2.89. The topological polar surface area (TPSA) is 125 Å². The lowest BCUT2D eigenvalue weighted by molar-refractivity contribution is -0.159. The van der Waals surface area contributed by atoms with Crippen LogP contribution in [0.15, 0.2) is 64.8 Å². The predicted octanol–water partition coefficient (Wildman–Crippen LogP) is -0.728. The molecule has 1 saturated heterocycles. The summed E-state index contributed by atoms with van der Waals surface area (Å²) >= 11 is 0. The number of aliphatic hydroxyl groups is 3. The van der Waals surface area contributed by atoms with E-state index < -0.39 is 47.8 Å². The van der Waals surface area contributed by atoms with Crippen LogP contribution < -0.4 is 11.2 Å². The van der Waals surface area contributed by atoms with Crippen LogP contribution in [0.2, 0.25) is 0 Å². The summed E-state index contributed by atoms with van der Waals surface area (Å²) in [5.41, 5.74) is -2.55. The second-order valence-electron chi connectivity index (χ2n) is 6.13. The number of H-pyrrole nitrogens is 1. The third-order valence-corrected chi connectivity index (χ3v) is 4.69. The van der Waals surface area contributed by atoms with Gasteiger partial charge >= 0.3 is 5.69 Å². The first-order valence-electron chi connectivity index (χ1n) is 8.10. The number of rotatable bonds is 5. The third-order valence-electron chi connectivity index (χ3n) is 4.69. The normalized spacial score (nSPS) is 29.4. The van der Waals surface area contributed by atoms with Crippen molar-refractivity contribution in [3.8, 4) is 0 Å². The van der Waals surface area contributed by atoms with E-state index in [1.54, 1.807) is 30.3 Å². The molecule has 0 amide bonds. The number of aromatic amines is 1. The minimum atomic E-state index is -1.79. The molecule has 0 saturated carbocycles. The Morgan fingerprint density at radius 1 is 1.27 bits per heavy atom. The van der Waals surface area contributed by atoms with Gasteiger partial charge in [-0.2, -0.15) is 0 Å².